The SMILES string of the molecule is N#Cc1ccccc1C#Cc1ccnc2[nH]ccc12. The quantitative estimate of drug-likeness (QED) is 0.617. The van der Waals surface area contributed by atoms with Crippen molar-refractivity contribution in [3.8, 4) is 17.9 Å². The zero-order valence-corrected chi connectivity index (χ0v) is 10.0. The van der Waals surface area contributed by atoms with E-state index in [9.17, 15) is 0 Å². The first-order chi connectivity index (χ1) is 9.38. The summed E-state index contributed by atoms with van der Waals surface area (Å²) >= 11 is 0. The van der Waals surface area contributed by atoms with Crippen LogP contribution in [0.3, 0.4) is 0 Å². The molecule has 0 bridgehead atoms. The second kappa shape index (κ2) is 4.68. The zero-order chi connectivity index (χ0) is 13.1. The molecule has 0 unspecified atom stereocenters. The number of benzene rings is 1. The van der Waals surface area contributed by atoms with Crippen LogP contribution in [0.25, 0.3) is 11.0 Å². The predicted octanol–water partition coefficient (Wildman–Crippen LogP) is 2.83. The Morgan fingerprint density at radius 2 is 1.74 bits per heavy atom. The highest BCUT2D eigenvalue weighted by molar-refractivity contribution is 5.82. The molecular formula is C16H9N3. The van der Waals surface area contributed by atoms with Crippen molar-refractivity contribution in [3.63, 3.8) is 0 Å². The summed E-state index contributed by atoms with van der Waals surface area (Å²) in [6.07, 6.45) is 3.56. The maximum Gasteiger partial charge on any atom is 0.138 e. The molecule has 3 heteroatoms. The molecule has 0 saturated heterocycles. The zero-order valence-electron chi connectivity index (χ0n) is 10.0. The van der Waals surface area contributed by atoms with Gasteiger partial charge in [-0.15, -0.1) is 0 Å². The van der Waals surface area contributed by atoms with Crippen LogP contribution in [-0.4, -0.2) is 9.97 Å². The Balaban J connectivity index is 2.10. The monoisotopic (exact) mass is 243 g/mol. The van der Waals surface area contributed by atoms with E-state index in [1.54, 1.807) is 12.3 Å². The summed E-state index contributed by atoms with van der Waals surface area (Å²) < 4.78 is 0. The number of hydrogen-bond acceptors (Lipinski definition) is 2. The third-order valence-electron chi connectivity index (χ3n) is 2.84. The first-order valence-electron chi connectivity index (χ1n) is 5.82. The largest absolute Gasteiger partial charge is 0.346 e. The van der Waals surface area contributed by atoms with Gasteiger partial charge in [-0.25, -0.2) is 4.98 Å². The average molecular weight is 243 g/mol. The van der Waals surface area contributed by atoms with Crippen LogP contribution in [0.5, 0.6) is 0 Å². The van der Waals surface area contributed by atoms with E-state index in [0.717, 1.165) is 22.2 Å². The molecule has 0 aliphatic carbocycles. The molecule has 2 aromatic heterocycles. The van der Waals surface area contributed by atoms with Gasteiger partial charge in [0.1, 0.15) is 11.7 Å². The number of aromatic nitrogens is 2. The number of nitriles is 1. The summed E-state index contributed by atoms with van der Waals surface area (Å²) in [4.78, 5) is 7.26. The Bertz CT molecular complexity index is 841. The van der Waals surface area contributed by atoms with Gasteiger partial charge in [0.2, 0.25) is 0 Å². The van der Waals surface area contributed by atoms with Crippen molar-refractivity contribution < 1.29 is 0 Å². The number of fused-ring (bicyclic) bond motifs is 1. The van der Waals surface area contributed by atoms with Crippen LogP contribution in [0, 0.1) is 23.2 Å². The molecule has 88 valence electrons. The molecule has 0 amide bonds. The second-order valence-corrected chi connectivity index (χ2v) is 4.01. The molecule has 0 aliphatic heterocycles. The molecule has 3 nitrogen and oxygen atoms in total. The van der Waals surface area contributed by atoms with Crippen LogP contribution >= 0.6 is 0 Å². The minimum Gasteiger partial charge on any atom is -0.346 e. The van der Waals surface area contributed by atoms with E-state index in [1.165, 1.54) is 0 Å². The highest BCUT2D eigenvalue weighted by Gasteiger charge is 2.00. The lowest BCUT2D eigenvalue weighted by molar-refractivity contribution is 1.32. The van der Waals surface area contributed by atoms with Crippen molar-refractivity contribution >= 4 is 11.0 Å². The first-order valence-corrected chi connectivity index (χ1v) is 5.82. The van der Waals surface area contributed by atoms with Gasteiger partial charge in [-0.05, 0) is 24.3 Å². The fourth-order valence-electron chi connectivity index (χ4n) is 1.89. The van der Waals surface area contributed by atoms with Gasteiger partial charge in [0.05, 0.1) is 5.56 Å². The Hall–Kier alpha value is -3.04. The molecular weight excluding hydrogens is 234 g/mol. The van der Waals surface area contributed by atoms with E-state index in [1.807, 2.05) is 36.5 Å². The average Bonchev–Trinajstić information content (AvgIpc) is 2.94. The molecule has 0 aliphatic rings. The van der Waals surface area contributed by atoms with E-state index in [2.05, 4.69) is 27.9 Å². The van der Waals surface area contributed by atoms with Gasteiger partial charge >= 0.3 is 0 Å². The molecule has 1 N–H and O–H groups in total. The van der Waals surface area contributed by atoms with Crippen LogP contribution in [0.15, 0.2) is 48.8 Å². The molecule has 0 spiro atoms. The summed E-state index contributed by atoms with van der Waals surface area (Å²) in [5.41, 5.74) is 3.05. The lowest BCUT2D eigenvalue weighted by Gasteiger charge is -1.94. The third-order valence-corrected chi connectivity index (χ3v) is 2.84. The third kappa shape index (κ3) is 2.06. The van der Waals surface area contributed by atoms with Gasteiger partial charge < -0.3 is 4.98 Å². The second-order valence-electron chi connectivity index (χ2n) is 4.01. The smallest absolute Gasteiger partial charge is 0.138 e. The molecule has 0 fully saturated rings. The molecule has 1 aromatic carbocycles. The van der Waals surface area contributed by atoms with Gasteiger partial charge in [-0.1, -0.05) is 24.0 Å². The number of H-pyrrole nitrogens is 1. The molecule has 0 saturated carbocycles. The molecule has 0 radical (unpaired) electrons. The fraction of sp³-hybridized carbons (Fsp3) is 0. The number of aromatic amines is 1. The summed E-state index contributed by atoms with van der Waals surface area (Å²) in [5, 5.41) is 10.0. The summed E-state index contributed by atoms with van der Waals surface area (Å²) in [6, 6.07) is 13.3. The minimum absolute atomic E-state index is 0.592. The Labute approximate surface area is 110 Å². The fourth-order valence-corrected chi connectivity index (χ4v) is 1.89. The number of nitrogens with zero attached hydrogens (tertiary/aromatic N) is 2. The van der Waals surface area contributed by atoms with Crippen molar-refractivity contribution in [1.29, 1.82) is 5.26 Å². The minimum atomic E-state index is 0.592. The summed E-state index contributed by atoms with van der Waals surface area (Å²) in [6.45, 7) is 0. The topological polar surface area (TPSA) is 52.5 Å². The summed E-state index contributed by atoms with van der Waals surface area (Å²) in [5.74, 6) is 6.15. The standard InChI is InChI=1S/C16H9N3/c17-11-14-4-2-1-3-12(14)5-6-13-7-9-18-16-15(13)8-10-19-16/h1-4,7-10H,(H,18,19). The number of rotatable bonds is 0. The van der Waals surface area contributed by atoms with Crippen molar-refractivity contribution in [2.45, 2.75) is 0 Å². The van der Waals surface area contributed by atoms with E-state index in [4.69, 9.17) is 5.26 Å². The van der Waals surface area contributed by atoms with Gasteiger partial charge in [0.15, 0.2) is 0 Å². The van der Waals surface area contributed by atoms with Crippen LogP contribution in [0.4, 0.5) is 0 Å². The Morgan fingerprint density at radius 1 is 0.947 bits per heavy atom. The van der Waals surface area contributed by atoms with Crippen molar-refractivity contribution in [3.05, 3.63) is 65.5 Å². The van der Waals surface area contributed by atoms with Gasteiger partial charge in [-0.3, -0.25) is 0 Å². The normalized spacial score (nSPS) is 9.63. The lowest BCUT2D eigenvalue weighted by atomic mass is 10.1. The molecule has 3 rings (SSSR count). The van der Waals surface area contributed by atoms with E-state index < -0.39 is 0 Å². The van der Waals surface area contributed by atoms with Gasteiger partial charge in [0, 0.05) is 28.9 Å². The van der Waals surface area contributed by atoms with Crippen LogP contribution in [0.2, 0.25) is 0 Å². The summed E-state index contributed by atoms with van der Waals surface area (Å²) in [7, 11) is 0. The predicted molar refractivity (Wildman–Crippen MR) is 73.2 cm³/mol. The maximum atomic E-state index is 9.02. The molecule has 2 heterocycles. The molecule has 3 aromatic rings. The van der Waals surface area contributed by atoms with Crippen molar-refractivity contribution in [2.24, 2.45) is 0 Å². The number of pyridine rings is 1. The van der Waals surface area contributed by atoms with Crippen molar-refractivity contribution in [1.82, 2.24) is 9.97 Å². The maximum absolute atomic E-state index is 9.02. The van der Waals surface area contributed by atoms with Gasteiger partial charge in [-0.2, -0.15) is 5.26 Å². The first kappa shape index (κ1) is 11.1. The van der Waals surface area contributed by atoms with Gasteiger partial charge in [0.25, 0.3) is 0 Å². The van der Waals surface area contributed by atoms with Crippen LogP contribution < -0.4 is 0 Å². The number of nitrogens with one attached hydrogen (secondary N) is 1. The van der Waals surface area contributed by atoms with E-state index in [-0.39, 0.29) is 0 Å². The highest BCUT2D eigenvalue weighted by Crippen LogP contribution is 2.14. The van der Waals surface area contributed by atoms with E-state index in [0.29, 0.717) is 5.56 Å². The van der Waals surface area contributed by atoms with E-state index >= 15 is 0 Å². The van der Waals surface area contributed by atoms with Crippen LogP contribution in [-0.2, 0) is 0 Å². The Morgan fingerprint density at radius 3 is 2.58 bits per heavy atom. The lowest BCUT2D eigenvalue weighted by Crippen LogP contribution is -1.83. The highest BCUT2D eigenvalue weighted by atomic mass is 14.8. The molecule has 0 atom stereocenters. The van der Waals surface area contributed by atoms with Crippen molar-refractivity contribution in [2.75, 3.05) is 0 Å². The number of hydrogen-bond donors (Lipinski definition) is 1. The molecule has 19 heavy (non-hydrogen) atoms. The van der Waals surface area contributed by atoms with Crippen LogP contribution in [0.1, 0.15) is 16.7 Å². The Kier molecular flexibility index (Phi) is 2.73.